The molecule has 2 rings (SSSR count). The highest BCUT2D eigenvalue weighted by molar-refractivity contribution is 6.31. The molecule has 0 aliphatic rings. The summed E-state index contributed by atoms with van der Waals surface area (Å²) in [4.78, 5) is 8.33. The van der Waals surface area contributed by atoms with Crippen molar-refractivity contribution in [1.29, 1.82) is 0 Å². The average molecular weight is 267 g/mol. The zero-order valence-electron chi connectivity index (χ0n) is 9.74. The number of hydrogen-bond donors (Lipinski definition) is 2. The molecule has 1 heterocycles. The Hall–Kier alpha value is -1.88. The van der Waals surface area contributed by atoms with Gasteiger partial charge in [-0.15, -0.1) is 0 Å². The highest BCUT2D eigenvalue weighted by atomic mass is 35.5. The molecule has 0 bridgehead atoms. The topological polar surface area (TPSA) is 49.8 Å². The number of hydrogen-bond acceptors (Lipinski definition) is 4. The molecule has 0 amide bonds. The molecule has 0 spiro atoms. The van der Waals surface area contributed by atoms with Crippen molar-refractivity contribution in [1.82, 2.24) is 9.97 Å². The van der Waals surface area contributed by atoms with Gasteiger partial charge in [0.15, 0.2) is 5.82 Å². The fourth-order valence-electron chi connectivity index (χ4n) is 1.41. The first-order valence-electron chi connectivity index (χ1n) is 5.47. The lowest BCUT2D eigenvalue weighted by atomic mass is 10.3. The molecule has 4 nitrogen and oxygen atoms in total. The summed E-state index contributed by atoms with van der Waals surface area (Å²) in [5.41, 5.74) is 0.657. The zero-order valence-corrected chi connectivity index (χ0v) is 10.5. The van der Waals surface area contributed by atoms with Crippen molar-refractivity contribution < 1.29 is 4.39 Å². The summed E-state index contributed by atoms with van der Waals surface area (Å²) in [5.74, 6) is 0.793. The highest BCUT2D eigenvalue weighted by Gasteiger charge is 2.02. The number of rotatable bonds is 4. The van der Waals surface area contributed by atoms with E-state index in [0.717, 1.165) is 6.54 Å². The fraction of sp³-hybridized carbons (Fsp3) is 0.167. The van der Waals surface area contributed by atoms with Crippen molar-refractivity contribution in [3.05, 3.63) is 41.4 Å². The molecule has 0 saturated carbocycles. The van der Waals surface area contributed by atoms with Crippen LogP contribution in [0.4, 0.5) is 21.7 Å². The Morgan fingerprint density at radius 3 is 2.78 bits per heavy atom. The van der Waals surface area contributed by atoms with Crippen molar-refractivity contribution in [2.75, 3.05) is 17.2 Å². The van der Waals surface area contributed by atoms with E-state index >= 15 is 0 Å². The van der Waals surface area contributed by atoms with Gasteiger partial charge in [0.05, 0.1) is 17.4 Å². The number of nitrogens with zero attached hydrogens (tertiary/aromatic N) is 2. The third kappa shape index (κ3) is 3.07. The Morgan fingerprint density at radius 2 is 2.06 bits per heavy atom. The van der Waals surface area contributed by atoms with Crippen molar-refractivity contribution in [3.8, 4) is 0 Å². The van der Waals surface area contributed by atoms with Gasteiger partial charge in [0.2, 0.25) is 0 Å². The van der Waals surface area contributed by atoms with Gasteiger partial charge >= 0.3 is 0 Å². The predicted octanol–water partition coefficient (Wildman–Crippen LogP) is 3.44. The molecule has 0 aliphatic heterocycles. The van der Waals surface area contributed by atoms with Crippen LogP contribution in [0.1, 0.15) is 6.92 Å². The molecular weight excluding hydrogens is 255 g/mol. The lowest BCUT2D eigenvalue weighted by Crippen LogP contribution is -2.02. The van der Waals surface area contributed by atoms with Crippen LogP contribution in [0.2, 0.25) is 5.02 Å². The first-order valence-corrected chi connectivity index (χ1v) is 5.85. The molecule has 0 fully saturated rings. The van der Waals surface area contributed by atoms with E-state index in [4.69, 9.17) is 11.6 Å². The molecule has 0 aliphatic carbocycles. The second kappa shape index (κ2) is 5.64. The minimum atomic E-state index is -0.449. The van der Waals surface area contributed by atoms with Gasteiger partial charge in [-0.05, 0) is 25.1 Å². The lowest BCUT2D eigenvalue weighted by molar-refractivity contribution is 0.628. The van der Waals surface area contributed by atoms with Gasteiger partial charge in [-0.3, -0.25) is 4.98 Å². The summed E-state index contributed by atoms with van der Waals surface area (Å²) in [7, 11) is 0. The summed E-state index contributed by atoms with van der Waals surface area (Å²) in [6.07, 6.45) is 3.21. The maximum absolute atomic E-state index is 13.0. The normalized spacial score (nSPS) is 10.2. The summed E-state index contributed by atoms with van der Waals surface area (Å²) >= 11 is 5.70. The number of aromatic nitrogens is 2. The third-order valence-electron chi connectivity index (χ3n) is 2.18. The van der Waals surface area contributed by atoms with Gasteiger partial charge in [0.1, 0.15) is 11.6 Å². The van der Waals surface area contributed by atoms with Gasteiger partial charge in [-0.1, -0.05) is 11.6 Å². The second-order valence-electron chi connectivity index (χ2n) is 3.57. The zero-order chi connectivity index (χ0) is 13.0. The monoisotopic (exact) mass is 266 g/mol. The van der Waals surface area contributed by atoms with Crippen molar-refractivity contribution in [2.45, 2.75) is 6.92 Å². The quantitative estimate of drug-likeness (QED) is 0.890. The van der Waals surface area contributed by atoms with Gasteiger partial charge in [0, 0.05) is 12.2 Å². The molecule has 0 radical (unpaired) electrons. The van der Waals surface area contributed by atoms with Crippen LogP contribution >= 0.6 is 11.6 Å². The van der Waals surface area contributed by atoms with Gasteiger partial charge in [-0.25, -0.2) is 9.37 Å². The number of benzene rings is 1. The van der Waals surface area contributed by atoms with E-state index in [0.29, 0.717) is 17.3 Å². The van der Waals surface area contributed by atoms with Crippen LogP contribution in [0.5, 0.6) is 0 Å². The molecule has 94 valence electrons. The highest BCUT2D eigenvalue weighted by Crippen LogP contribution is 2.22. The van der Waals surface area contributed by atoms with E-state index in [-0.39, 0.29) is 5.02 Å². The van der Waals surface area contributed by atoms with Gasteiger partial charge in [-0.2, -0.15) is 0 Å². The summed E-state index contributed by atoms with van der Waals surface area (Å²) in [5, 5.41) is 6.13. The van der Waals surface area contributed by atoms with E-state index in [1.165, 1.54) is 12.1 Å². The maximum atomic E-state index is 13.0. The number of halogens is 2. The summed E-state index contributed by atoms with van der Waals surface area (Å²) in [6, 6.07) is 4.38. The van der Waals surface area contributed by atoms with E-state index in [1.54, 1.807) is 18.5 Å². The molecule has 0 unspecified atom stereocenters. The maximum Gasteiger partial charge on any atom is 0.151 e. The molecule has 6 heteroatoms. The average Bonchev–Trinajstić information content (AvgIpc) is 2.35. The Labute approximate surface area is 109 Å². The van der Waals surface area contributed by atoms with Crippen molar-refractivity contribution >= 4 is 28.9 Å². The van der Waals surface area contributed by atoms with Crippen LogP contribution in [0, 0.1) is 5.82 Å². The van der Waals surface area contributed by atoms with E-state index < -0.39 is 5.82 Å². The predicted molar refractivity (Wildman–Crippen MR) is 70.9 cm³/mol. The van der Waals surface area contributed by atoms with Gasteiger partial charge < -0.3 is 10.6 Å². The standard InChI is InChI=1S/C12H12ClFN4/c1-2-16-11-6-15-7-12(18-11)17-8-3-4-10(14)9(13)5-8/h3-7H,2H2,1H3,(H2,16,17,18). The molecular formula is C12H12ClFN4. The van der Waals surface area contributed by atoms with Crippen LogP contribution in [-0.2, 0) is 0 Å². The molecule has 1 aromatic carbocycles. The molecule has 0 saturated heterocycles. The largest absolute Gasteiger partial charge is 0.369 e. The summed E-state index contributed by atoms with van der Waals surface area (Å²) < 4.78 is 13.0. The van der Waals surface area contributed by atoms with Crippen LogP contribution in [0.15, 0.2) is 30.6 Å². The molecule has 2 N–H and O–H groups in total. The SMILES string of the molecule is CCNc1cncc(Nc2ccc(F)c(Cl)c2)n1. The van der Waals surface area contributed by atoms with E-state index in [9.17, 15) is 4.39 Å². The molecule has 0 atom stereocenters. The fourth-order valence-corrected chi connectivity index (χ4v) is 1.59. The Bertz CT molecular complexity index is 547. The Balaban J connectivity index is 2.17. The Morgan fingerprint density at radius 1 is 1.28 bits per heavy atom. The van der Waals surface area contributed by atoms with E-state index in [2.05, 4.69) is 20.6 Å². The molecule has 18 heavy (non-hydrogen) atoms. The van der Waals surface area contributed by atoms with Crippen LogP contribution in [0.3, 0.4) is 0 Å². The first-order chi connectivity index (χ1) is 8.69. The van der Waals surface area contributed by atoms with Gasteiger partial charge in [0.25, 0.3) is 0 Å². The smallest absolute Gasteiger partial charge is 0.151 e. The number of nitrogens with one attached hydrogen (secondary N) is 2. The van der Waals surface area contributed by atoms with Crippen molar-refractivity contribution in [2.24, 2.45) is 0 Å². The lowest BCUT2D eigenvalue weighted by Gasteiger charge is -2.08. The molecule has 1 aromatic heterocycles. The first kappa shape index (κ1) is 12.6. The van der Waals surface area contributed by atoms with E-state index in [1.807, 2.05) is 6.92 Å². The van der Waals surface area contributed by atoms with Crippen LogP contribution in [-0.4, -0.2) is 16.5 Å². The van der Waals surface area contributed by atoms with Crippen molar-refractivity contribution in [3.63, 3.8) is 0 Å². The minimum Gasteiger partial charge on any atom is -0.369 e. The Kier molecular flexibility index (Phi) is 3.94. The number of anilines is 3. The van der Waals surface area contributed by atoms with Crippen LogP contribution in [0.25, 0.3) is 0 Å². The second-order valence-corrected chi connectivity index (χ2v) is 3.98. The van der Waals surface area contributed by atoms with Crippen LogP contribution < -0.4 is 10.6 Å². The third-order valence-corrected chi connectivity index (χ3v) is 2.47. The molecule has 2 aromatic rings. The summed E-state index contributed by atoms with van der Waals surface area (Å²) in [6.45, 7) is 2.74. The minimum absolute atomic E-state index is 0.0656.